The van der Waals surface area contributed by atoms with Crippen LogP contribution in [0.15, 0.2) is 11.4 Å². The summed E-state index contributed by atoms with van der Waals surface area (Å²) < 4.78 is 4.94. The van der Waals surface area contributed by atoms with Gasteiger partial charge in [-0.25, -0.2) is 4.79 Å². The van der Waals surface area contributed by atoms with Crippen LogP contribution in [0.3, 0.4) is 0 Å². The van der Waals surface area contributed by atoms with Gasteiger partial charge in [0.15, 0.2) is 0 Å². The molecule has 0 aliphatic carbocycles. The second-order valence-corrected chi connectivity index (χ2v) is 3.12. The van der Waals surface area contributed by atoms with Gasteiger partial charge in [0.25, 0.3) is 0 Å². The molecule has 0 bridgehead atoms. The molecule has 0 atom stereocenters. The van der Waals surface area contributed by atoms with Crippen LogP contribution in [-0.4, -0.2) is 13.1 Å². The molecule has 0 radical (unpaired) electrons. The second kappa shape index (κ2) is 3.03. The molecule has 1 rings (SSSR count). The van der Waals surface area contributed by atoms with Crippen LogP contribution in [0.5, 0.6) is 0 Å². The fourth-order valence-corrected chi connectivity index (χ4v) is 1.45. The van der Waals surface area contributed by atoms with Gasteiger partial charge in [-0.3, -0.25) is 0 Å². The molecule has 0 N–H and O–H groups in total. The Morgan fingerprint density at radius 3 is 2.90 bits per heavy atom. The van der Waals surface area contributed by atoms with Crippen LogP contribution in [0.2, 0.25) is 4.34 Å². The largest absolute Gasteiger partial charge is 0.465 e. The van der Waals surface area contributed by atoms with Crippen molar-refractivity contribution in [3.05, 3.63) is 21.3 Å². The lowest BCUT2D eigenvalue weighted by Gasteiger charge is -1.93. The Labute approximate surface area is 67.4 Å². The summed E-state index contributed by atoms with van der Waals surface area (Å²) in [6.07, 6.45) is 0. The van der Waals surface area contributed by atoms with Gasteiger partial charge in [-0.15, -0.1) is 11.3 Å². The molecule has 0 aliphatic rings. The highest BCUT2D eigenvalue weighted by Crippen LogP contribution is 2.22. The zero-order chi connectivity index (χ0) is 7.56. The van der Waals surface area contributed by atoms with Crippen LogP contribution in [0.4, 0.5) is 0 Å². The van der Waals surface area contributed by atoms with Crippen LogP contribution in [0.25, 0.3) is 0 Å². The molecule has 1 heterocycles. The minimum absolute atomic E-state index is 0.383. The van der Waals surface area contributed by atoms with E-state index in [2.05, 4.69) is 4.74 Å². The predicted molar refractivity (Wildman–Crippen MR) is 40.7 cm³/mol. The number of rotatable bonds is 1. The maximum atomic E-state index is 10.8. The summed E-state index contributed by atoms with van der Waals surface area (Å²) >= 11 is 6.94. The third kappa shape index (κ3) is 1.30. The average molecular weight is 177 g/mol. The Morgan fingerprint density at radius 1 is 1.80 bits per heavy atom. The predicted octanol–water partition coefficient (Wildman–Crippen LogP) is 2.19. The van der Waals surface area contributed by atoms with E-state index < -0.39 is 0 Å². The van der Waals surface area contributed by atoms with Gasteiger partial charge in [0.1, 0.15) is 4.34 Å². The lowest BCUT2D eigenvalue weighted by atomic mass is 10.3. The molecule has 0 spiro atoms. The third-order valence-electron chi connectivity index (χ3n) is 1.02. The summed E-state index contributed by atoms with van der Waals surface area (Å²) in [6, 6.07) is 1.64. The minimum atomic E-state index is -0.383. The number of carbonyl (C=O) groups is 1. The summed E-state index contributed by atoms with van der Waals surface area (Å²) in [5.41, 5.74) is 0.439. The van der Waals surface area contributed by atoms with Gasteiger partial charge < -0.3 is 4.74 Å². The van der Waals surface area contributed by atoms with E-state index in [4.69, 9.17) is 11.6 Å². The molecule has 1 aromatic heterocycles. The van der Waals surface area contributed by atoms with Crippen LogP contribution in [0, 0.1) is 0 Å². The number of esters is 1. The number of halogens is 1. The highest BCUT2D eigenvalue weighted by molar-refractivity contribution is 7.14. The topological polar surface area (TPSA) is 26.3 Å². The summed E-state index contributed by atoms with van der Waals surface area (Å²) in [6.45, 7) is 0. The molecule has 2 nitrogen and oxygen atoms in total. The molecular weight excluding hydrogens is 172 g/mol. The first-order chi connectivity index (χ1) is 4.75. The van der Waals surface area contributed by atoms with Crippen molar-refractivity contribution < 1.29 is 9.53 Å². The fourth-order valence-electron chi connectivity index (χ4n) is 0.549. The summed E-state index contributed by atoms with van der Waals surface area (Å²) in [7, 11) is 1.33. The Kier molecular flexibility index (Phi) is 2.29. The van der Waals surface area contributed by atoms with Crippen LogP contribution in [-0.2, 0) is 4.74 Å². The highest BCUT2D eigenvalue weighted by atomic mass is 35.5. The van der Waals surface area contributed by atoms with E-state index in [1.165, 1.54) is 18.4 Å². The van der Waals surface area contributed by atoms with Gasteiger partial charge >= 0.3 is 5.97 Å². The first-order valence-electron chi connectivity index (χ1n) is 2.57. The van der Waals surface area contributed by atoms with Crippen molar-refractivity contribution >= 4 is 28.9 Å². The molecular formula is C6H5ClO2S. The molecule has 0 unspecified atom stereocenters. The monoisotopic (exact) mass is 176 g/mol. The zero-order valence-electron chi connectivity index (χ0n) is 5.26. The second-order valence-electron chi connectivity index (χ2n) is 1.60. The summed E-state index contributed by atoms with van der Waals surface area (Å²) in [5, 5.41) is 1.74. The quantitative estimate of drug-likeness (QED) is 0.614. The molecule has 54 valence electrons. The normalized spacial score (nSPS) is 9.40. The van der Waals surface area contributed by atoms with Gasteiger partial charge in [0.2, 0.25) is 0 Å². The van der Waals surface area contributed by atoms with Crippen molar-refractivity contribution in [1.29, 1.82) is 0 Å². The number of carbonyl (C=O) groups excluding carboxylic acids is 1. The minimum Gasteiger partial charge on any atom is -0.465 e. The maximum Gasteiger partial charge on any atom is 0.340 e. The van der Waals surface area contributed by atoms with E-state index in [-0.39, 0.29) is 5.97 Å². The first-order valence-corrected chi connectivity index (χ1v) is 3.82. The molecule has 0 aliphatic heterocycles. The molecule has 0 amide bonds. The number of hydrogen-bond acceptors (Lipinski definition) is 3. The molecule has 0 aromatic carbocycles. The van der Waals surface area contributed by atoms with E-state index in [1.54, 1.807) is 11.4 Å². The number of methoxy groups -OCH3 is 1. The standard InChI is InChI=1S/C6H5ClO2S/c1-9-6(8)4-2-3-10-5(4)7/h2-3H,1H3. The van der Waals surface area contributed by atoms with Gasteiger partial charge in [0.05, 0.1) is 12.7 Å². The molecule has 1 aromatic rings. The Hall–Kier alpha value is -0.540. The Balaban J connectivity index is 2.93. The van der Waals surface area contributed by atoms with Gasteiger partial charge in [-0.2, -0.15) is 0 Å². The molecule has 4 heteroatoms. The van der Waals surface area contributed by atoms with E-state index in [0.717, 1.165) is 0 Å². The van der Waals surface area contributed by atoms with Gasteiger partial charge in [-0.05, 0) is 11.4 Å². The van der Waals surface area contributed by atoms with Crippen molar-refractivity contribution in [3.63, 3.8) is 0 Å². The van der Waals surface area contributed by atoms with Crippen LogP contribution in [0.1, 0.15) is 10.4 Å². The van der Waals surface area contributed by atoms with Gasteiger partial charge in [0, 0.05) is 0 Å². The fraction of sp³-hybridized carbons (Fsp3) is 0.167. The van der Waals surface area contributed by atoms with Crippen LogP contribution >= 0.6 is 22.9 Å². The average Bonchev–Trinajstić information content (AvgIpc) is 2.34. The van der Waals surface area contributed by atoms with Crippen molar-refractivity contribution in [2.45, 2.75) is 0 Å². The van der Waals surface area contributed by atoms with Crippen LogP contribution < -0.4 is 0 Å². The molecule has 0 saturated carbocycles. The summed E-state index contributed by atoms with van der Waals surface area (Å²) in [4.78, 5) is 10.8. The van der Waals surface area contributed by atoms with Gasteiger partial charge in [-0.1, -0.05) is 11.6 Å². The van der Waals surface area contributed by atoms with Crippen molar-refractivity contribution in [2.75, 3.05) is 7.11 Å². The zero-order valence-corrected chi connectivity index (χ0v) is 6.83. The Bertz CT molecular complexity index is 244. The third-order valence-corrected chi connectivity index (χ3v) is 2.19. The first kappa shape index (κ1) is 7.57. The number of hydrogen-bond donors (Lipinski definition) is 0. The maximum absolute atomic E-state index is 10.8. The summed E-state index contributed by atoms with van der Waals surface area (Å²) in [5.74, 6) is -0.383. The van der Waals surface area contributed by atoms with E-state index in [1.807, 2.05) is 0 Å². The van der Waals surface area contributed by atoms with E-state index >= 15 is 0 Å². The number of thiophene rings is 1. The molecule has 0 fully saturated rings. The van der Waals surface area contributed by atoms with Crippen molar-refractivity contribution in [3.8, 4) is 0 Å². The SMILES string of the molecule is COC(=O)c1ccsc1Cl. The highest BCUT2D eigenvalue weighted by Gasteiger charge is 2.09. The molecule has 0 saturated heterocycles. The Morgan fingerprint density at radius 2 is 2.50 bits per heavy atom. The lowest BCUT2D eigenvalue weighted by Crippen LogP contribution is -1.98. The van der Waals surface area contributed by atoms with E-state index in [0.29, 0.717) is 9.90 Å². The smallest absolute Gasteiger partial charge is 0.340 e. The van der Waals surface area contributed by atoms with E-state index in [9.17, 15) is 4.79 Å². The van der Waals surface area contributed by atoms with Crippen molar-refractivity contribution in [2.24, 2.45) is 0 Å². The number of ether oxygens (including phenoxy) is 1. The molecule has 10 heavy (non-hydrogen) atoms. The lowest BCUT2D eigenvalue weighted by molar-refractivity contribution is 0.0601. The van der Waals surface area contributed by atoms with Crippen molar-refractivity contribution in [1.82, 2.24) is 0 Å².